The Hall–Kier alpha value is -2.09. The summed E-state index contributed by atoms with van der Waals surface area (Å²) in [6, 6.07) is 5.47. The number of carboxylic acid groups (broad SMARTS) is 1. The summed E-state index contributed by atoms with van der Waals surface area (Å²) < 4.78 is 0. The zero-order valence-electron chi connectivity index (χ0n) is 9.52. The molecule has 0 fully saturated rings. The van der Waals surface area contributed by atoms with Crippen molar-refractivity contribution in [2.45, 2.75) is 25.7 Å². The smallest absolute Gasteiger partial charge is 0.303 e. The Morgan fingerprint density at radius 2 is 2.24 bits per heavy atom. The molecule has 0 aliphatic carbocycles. The number of hydrogen-bond acceptors (Lipinski definition) is 4. The molecule has 0 atom stereocenters. The second kappa shape index (κ2) is 7.23. The lowest BCUT2D eigenvalue weighted by atomic mass is 10.2. The van der Waals surface area contributed by atoms with Crippen molar-refractivity contribution >= 4 is 11.8 Å². The molecule has 0 spiro atoms. The first-order chi connectivity index (χ1) is 8.22. The Balaban J connectivity index is 2.14. The number of carboxylic acids is 1. The molecule has 1 aromatic rings. The van der Waals surface area contributed by atoms with Gasteiger partial charge >= 0.3 is 5.97 Å². The number of nitrogens with zero attached hydrogens (tertiary/aromatic N) is 2. The zero-order chi connectivity index (χ0) is 12.5. The second-order valence-electron chi connectivity index (χ2n) is 3.68. The van der Waals surface area contributed by atoms with Gasteiger partial charge in [-0.1, -0.05) is 6.42 Å². The van der Waals surface area contributed by atoms with Gasteiger partial charge in [-0.2, -0.15) is 5.26 Å². The standard InChI is InChI=1S/C12H15N3O2/c13-8-10-5-6-11(15-9-10)14-7-3-1-2-4-12(16)17/h5-6,9H,1-4,7H2,(H,14,15)(H,16,17). The third kappa shape index (κ3) is 5.52. The highest BCUT2D eigenvalue weighted by atomic mass is 16.4. The minimum atomic E-state index is -0.744. The predicted octanol–water partition coefficient (Wildman–Crippen LogP) is 2.01. The minimum absolute atomic E-state index is 0.231. The van der Waals surface area contributed by atoms with Crippen molar-refractivity contribution in [2.75, 3.05) is 11.9 Å². The summed E-state index contributed by atoms with van der Waals surface area (Å²) in [5.41, 5.74) is 0.539. The largest absolute Gasteiger partial charge is 0.481 e. The van der Waals surface area contributed by atoms with Gasteiger partial charge in [0, 0.05) is 19.2 Å². The number of anilines is 1. The first-order valence-electron chi connectivity index (χ1n) is 5.54. The van der Waals surface area contributed by atoms with Crippen molar-refractivity contribution in [1.82, 2.24) is 4.98 Å². The molecule has 1 rings (SSSR count). The molecule has 0 saturated carbocycles. The summed E-state index contributed by atoms with van der Waals surface area (Å²) in [7, 11) is 0. The Labute approximate surface area is 100 Å². The molecular formula is C12H15N3O2. The molecule has 0 aliphatic heterocycles. The number of carbonyl (C=O) groups is 1. The SMILES string of the molecule is N#Cc1ccc(NCCCCCC(=O)O)nc1. The van der Waals surface area contributed by atoms with Crippen LogP contribution in [-0.4, -0.2) is 22.6 Å². The number of nitriles is 1. The van der Waals surface area contributed by atoms with Gasteiger partial charge in [-0.05, 0) is 25.0 Å². The van der Waals surface area contributed by atoms with E-state index in [2.05, 4.69) is 10.3 Å². The van der Waals surface area contributed by atoms with Crippen LogP contribution in [0, 0.1) is 11.3 Å². The fourth-order valence-electron chi connectivity index (χ4n) is 1.36. The topological polar surface area (TPSA) is 86.0 Å². The fraction of sp³-hybridized carbons (Fsp3) is 0.417. The lowest BCUT2D eigenvalue weighted by Gasteiger charge is -2.04. The third-order valence-electron chi connectivity index (χ3n) is 2.27. The number of hydrogen-bond donors (Lipinski definition) is 2. The van der Waals surface area contributed by atoms with E-state index in [-0.39, 0.29) is 6.42 Å². The molecule has 1 heterocycles. The van der Waals surface area contributed by atoms with Gasteiger partial charge in [0.15, 0.2) is 0 Å². The minimum Gasteiger partial charge on any atom is -0.481 e. The maximum Gasteiger partial charge on any atom is 0.303 e. The van der Waals surface area contributed by atoms with Crippen LogP contribution in [-0.2, 0) is 4.79 Å². The van der Waals surface area contributed by atoms with Crippen LogP contribution in [0.3, 0.4) is 0 Å². The van der Waals surface area contributed by atoms with E-state index in [4.69, 9.17) is 10.4 Å². The van der Waals surface area contributed by atoms with Crippen molar-refractivity contribution in [3.63, 3.8) is 0 Å². The fourth-order valence-corrected chi connectivity index (χ4v) is 1.36. The molecule has 0 amide bonds. The third-order valence-corrected chi connectivity index (χ3v) is 2.27. The van der Waals surface area contributed by atoms with Crippen LogP contribution >= 0.6 is 0 Å². The van der Waals surface area contributed by atoms with Gasteiger partial charge in [0.05, 0.1) is 5.56 Å². The average Bonchev–Trinajstić information content (AvgIpc) is 2.34. The van der Waals surface area contributed by atoms with Gasteiger partial charge in [0.1, 0.15) is 11.9 Å². The number of aliphatic carboxylic acids is 1. The zero-order valence-corrected chi connectivity index (χ0v) is 9.52. The first-order valence-corrected chi connectivity index (χ1v) is 5.54. The predicted molar refractivity (Wildman–Crippen MR) is 63.5 cm³/mol. The van der Waals surface area contributed by atoms with Crippen LogP contribution in [0.4, 0.5) is 5.82 Å². The van der Waals surface area contributed by atoms with Crippen LogP contribution in [0.5, 0.6) is 0 Å². The van der Waals surface area contributed by atoms with E-state index < -0.39 is 5.97 Å². The monoisotopic (exact) mass is 233 g/mol. The number of nitrogens with one attached hydrogen (secondary N) is 1. The second-order valence-corrected chi connectivity index (χ2v) is 3.68. The average molecular weight is 233 g/mol. The molecule has 90 valence electrons. The molecule has 0 radical (unpaired) electrons. The summed E-state index contributed by atoms with van der Waals surface area (Å²) in [5, 5.41) is 20.1. The summed E-state index contributed by atoms with van der Waals surface area (Å²) in [5.74, 6) is -0.00560. The van der Waals surface area contributed by atoms with Gasteiger partial charge in [-0.25, -0.2) is 4.98 Å². The van der Waals surface area contributed by atoms with Gasteiger partial charge in [-0.3, -0.25) is 4.79 Å². The Morgan fingerprint density at radius 1 is 1.41 bits per heavy atom. The molecular weight excluding hydrogens is 218 g/mol. The van der Waals surface area contributed by atoms with Crippen molar-refractivity contribution in [1.29, 1.82) is 5.26 Å². The van der Waals surface area contributed by atoms with E-state index >= 15 is 0 Å². The van der Waals surface area contributed by atoms with Crippen LogP contribution < -0.4 is 5.32 Å². The number of pyridine rings is 1. The highest BCUT2D eigenvalue weighted by Gasteiger charge is 1.97. The Kier molecular flexibility index (Phi) is 5.52. The number of rotatable bonds is 7. The molecule has 0 bridgehead atoms. The van der Waals surface area contributed by atoms with E-state index in [1.54, 1.807) is 12.1 Å². The van der Waals surface area contributed by atoms with Gasteiger partial charge in [-0.15, -0.1) is 0 Å². The molecule has 0 aromatic carbocycles. The highest BCUT2D eigenvalue weighted by molar-refractivity contribution is 5.66. The lowest BCUT2D eigenvalue weighted by Crippen LogP contribution is -2.03. The quantitative estimate of drug-likeness (QED) is 0.703. The van der Waals surface area contributed by atoms with Gasteiger partial charge < -0.3 is 10.4 Å². The summed E-state index contributed by atoms with van der Waals surface area (Å²) in [6.45, 7) is 0.762. The maximum absolute atomic E-state index is 10.3. The highest BCUT2D eigenvalue weighted by Crippen LogP contribution is 2.05. The van der Waals surface area contributed by atoms with Crippen LogP contribution in [0.25, 0.3) is 0 Å². The molecule has 0 aliphatic rings. The molecule has 2 N–H and O–H groups in total. The Morgan fingerprint density at radius 3 is 2.82 bits per heavy atom. The van der Waals surface area contributed by atoms with E-state index in [9.17, 15) is 4.79 Å². The van der Waals surface area contributed by atoms with E-state index in [0.29, 0.717) is 12.0 Å². The normalized spacial score (nSPS) is 9.59. The molecule has 1 aromatic heterocycles. The summed E-state index contributed by atoms with van der Waals surface area (Å²) >= 11 is 0. The summed E-state index contributed by atoms with van der Waals surface area (Å²) in [4.78, 5) is 14.3. The molecule has 17 heavy (non-hydrogen) atoms. The van der Waals surface area contributed by atoms with Crippen molar-refractivity contribution in [2.24, 2.45) is 0 Å². The Bertz CT molecular complexity index is 395. The van der Waals surface area contributed by atoms with Crippen molar-refractivity contribution in [3.8, 4) is 6.07 Å². The molecule has 0 saturated heterocycles. The van der Waals surface area contributed by atoms with Crippen molar-refractivity contribution in [3.05, 3.63) is 23.9 Å². The first kappa shape index (κ1) is 13.0. The van der Waals surface area contributed by atoms with Crippen LogP contribution in [0.1, 0.15) is 31.2 Å². The lowest BCUT2D eigenvalue weighted by molar-refractivity contribution is -0.137. The van der Waals surface area contributed by atoms with Crippen LogP contribution in [0.2, 0.25) is 0 Å². The summed E-state index contributed by atoms with van der Waals surface area (Å²) in [6.07, 6.45) is 4.25. The molecule has 5 nitrogen and oxygen atoms in total. The molecule has 5 heteroatoms. The van der Waals surface area contributed by atoms with E-state index in [1.807, 2.05) is 6.07 Å². The molecule has 0 unspecified atom stereocenters. The van der Waals surface area contributed by atoms with E-state index in [0.717, 1.165) is 25.2 Å². The van der Waals surface area contributed by atoms with Crippen LogP contribution in [0.15, 0.2) is 18.3 Å². The van der Waals surface area contributed by atoms with E-state index in [1.165, 1.54) is 6.20 Å². The number of aromatic nitrogens is 1. The number of unbranched alkanes of at least 4 members (excludes halogenated alkanes) is 2. The van der Waals surface area contributed by atoms with Gasteiger partial charge in [0.2, 0.25) is 0 Å². The van der Waals surface area contributed by atoms with Crippen molar-refractivity contribution < 1.29 is 9.90 Å². The maximum atomic E-state index is 10.3. The van der Waals surface area contributed by atoms with Gasteiger partial charge in [0.25, 0.3) is 0 Å².